The lowest BCUT2D eigenvalue weighted by Gasteiger charge is -2.32. The third kappa shape index (κ3) is 6.52. The van der Waals surface area contributed by atoms with E-state index in [1.807, 2.05) is 36.1 Å². The molecule has 0 spiro atoms. The summed E-state index contributed by atoms with van der Waals surface area (Å²) in [7, 11) is 0. The largest absolute Gasteiger partial charge is 0.493 e. The maximum atomic E-state index is 12.6. The van der Waals surface area contributed by atoms with Crippen molar-refractivity contribution in [3.8, 4) is 5.75 Å². The number of benzene rings is 2. The van der Waals surface area contributed by atoms with E-state index in [2.05, 4.69) is 5.32 Å². The van der Waals surface area contributed by atoms with Crippen molar-refractivity contribution in [1.82, 2.24) is 10.2 Å². The molecule has 31 heavy (non-hydrogen) atoms. The average molecular weight is 463 g/mol. The topological polar surface area (TPSA) is 91.4 Å². The van der Waals surface area contributed by atoms with Crippen LogP contribution in [0.4, 0.5) is 0 Å². The number of likely N-dealkylation sites (tertiary alicyclic amines) is 1. The van der Waals surface area contributed by atoms with Gasteiger partial charge in [0.25, 0.3) is 5.91 Å². The lowest BCUT2D eigenvalue weighted by Crippen LogP contribution is -2.44. The summed E-state index contributed by atoms with van der Waals surface area (Å²) in [5, 5.41) is 11.8. The molecule has 1 aliphatic heterocycles. The standard InChI is InChI=1S/C23H28Cl2N4O2/c1-15-2-3-18(22(30)28-14-16-6-9-29(10-7-16)23(26)27)12-21(15)31-11-8-17-4-5-19(24)13-20(17)25/h2-5,12-13,16H,6-11,14H2,1H3,(H3,26,27)(H,28,30). The monoisotopic (exact) mass is 462 g/mol. The SMILES string of the molecule is Cc1ccc(C(=O)NCC2CCN(C(=N)N)CC2)cc1OCCc1ccc(Cl)cc1Cl. The van der Waals surface area contributed by atoms with Crippen LogP contribution in [0.25, 0.3) is 0 Å². The Bertz CT molecular complexity index is 943. The molecule has 1 heterocycles. The molecule has 2 aromatic rings. The van der Waals surface area contributed by atoms with Crippen LogP contribution in [0.5, 0.6) is 5.75 Å². The Hall–Kier alpha value is -2.44. The van der Waals surface area contributed by atoms with Gasteiger partial charge in [-0.25, -0.2) is 0 Å². The maximum Gasteiger partial charge on any atom is 0.251 e. The molecule has 0 bridgehead atoms. The van der Waals surface area contributed by atoms with Gasteiger partial charge in [0.05, 0.1) is 6.61 Å². The molecule has 6 nitrogen and oxygen atoms in total. The van der Waals surface area contributed by atoms with Gasteiger partial charge in [0.2, 0.25) is 0 Å². The van der Waals surface area contributed by atoms with E-state index in [1.165, 1.54) is 0 Å². The van der Waals surface area contributed by atoms with Gasteiger partial charge in [-0.05, 0) is 61.1 Å². The Morgan fingerprint density at radius 1 is 1.23 bits per heavy atom. The first-order valence-electron chi connectivity index (χ1n) is 10.4. The van der Waals surface area contributed by atoms with Gasteiger partial charge >= 0.3 is 0 Å². The molecule has 1 saturated heterocycles. The molecular formula is C23H28Cl2N4O2. The zero-order valence-corrected chi connectivity index (χ0v) is 19.1. The van der Waals surface area contributed by atoms with Crippen molar-refractivity contribution >= 4 is 35.1 Å². The highest BCUT2D eigenvalue weighted by Crippen LogP contribution is 2.23. The van der Waals surface area contributed by atoms with Gasteiger partial charge in [-0.1, -0.05) is 35.3 Å². The number of amides is 1. The van der Waals surface area contributed by atoms with Crippen molar-refractivity contribution in [2.45, 2.75) is 26.2 Å². The molecule has 0 unspecified atom stereocenters. The number of nitrogens with one attached hydrogen (secondary N) is 2. The number of carbonyl (C=O) groups excluding carboxylic acids is 1. The molecule has 3 rings (SSSR count). The van der Waals surface area contributed by atoms with Gasteiger partial charge in [0.1, 0.15) is 5.75 Å². The fourth-order valence-electron chi connectivity index (χ4n) is 3.61. The van der Waals surface area contributed by atoms with Crippen molar-refractivity contribution in [2.24, 2.45) is 11.7 Å². The number of rotatable bonds is 7. The highest BCUT2D eigenvalue weighted by Gasteiger charge is 2.20. The van der Waals surface area contributed by atoms with Crippen LogP contribution in [-0.4, -0.2) is 43.0 Å². The Morgan fingerprint density at radius 2 is 1.97 bits per heavy atom. The minimum absolute atomic E-state index is 0.111. The lowest BCUT2D eigenvalue weighted by atomic mass is 9.97. The van der Waals surface area contributed by atoms with Crippen LogP contribution in [0.15, 0.2) is 36.4 Å². The summed E-state index contributed by atoms with van der Waals surface area (Å²) >= 11 is 12.2. The van der Waals surface area contributed by atoms with E-state index in [0.717, 1.165) is 37.1 Å². The Labute approximate surface area is 193 Å². The third-order valence-electron chi connectivity index (χ3n) is 5.60. The number of piperidine rings is 1. The molecule has 4 N–H and O–H groups in total. The van der Waals surface area contributed by atoms with E-state index < -0.39 is 0 Å². The quantitative estimate of drug-likeness (QED) is 0.423. The van der Waals surface area contributed by atoms with Crippen LogP contribution in [0.2, 0.25) is 10.0 Å². The van der Waals surface area contributed by atoms with Gasteiger partial charge in [0, 0.05) is 41.7 Å². The fourth-order valence-corrected chi connectivity index (χ4v) is 4.11. The molecule has 0 aromatic heterocycles. The zero-order valence-electron chi connectivity index (χ0n) is 17.6. The van der Waals surface area contributed by atoms with E-state index in [4.69, 9.17) is 39.1 Å². The van der Waals surface area contributed by atoms with Crippen LogP contribution in [0, 0.1) is 18.3 Å². The van der Waals surface area contributed by atoms with Gasteiger partial charge < -0.3 is 20.7 Å². The van der Waals surface area contributed by atoms with Crippen LogP contribution in [0.1, 0.15) is 34.3 Å². The molecule has 0 radical (unpaired) electrons. The summed E-state index contributed by atoms with van der Waals surface area (Å²) in [5.41, 5.74) is 8.04. The van der Waals surface area contributed by atoms with Gasteiger partial charge in [-0.15, -0.1) is 0 Å². The van der Waals surface area contributed by atoms with E-state index in [1.54, 1.807) is 12.1 Å². The van der Waals surface area contributed by atoms with E-state index in [-0.39, 0.29) is 11.9 Å². The van der Waals surface area contributed by atoms with E-state index in [0.29, 0.717) is 46.8 Å². The predicted octanol–water partition coefficient (Wildman–Crippen LogP) is 4.26. The summed E-state index contributed by atoms with van der Waals surface area (Å²) in [6.45, 7) is 4.53. The van der Waals surface area contributed by atoms with E-state index >= 15 is 0 Å². The van der Waals surface area contributed by atoms with Crippen molar-refractivity contribution in [1.29, 1.82) is 5.41 Å². The predicted molar refractivity (Wildman–Crippen MR) is 125 cm³/mol. The molecule has 0 saturated carbocycles. The van der Waals surface area contributed by atoms with Crippen LogP contribution in [0.3, 0.4) is 0 Å². The lowest BCUT2D eigenvalue weighted by molar-refractivity contribution is 0.0940. The Kier molecular flexibility index (Phi) is 8.04. The number of hydrogen-bond acceptors (Lipinski definition) is 3. The smallest absolute Gasteiger partial charge is 0.251 e. The van der Waals surface area contributed by atoms with Gasteiger partial charge in [0.15, 0.2) is 5.96 Å². The summed E-state index contributed by atoms with van der Waals surface area (Å²) in [6.07, 6.45) is 2.47. The first-order valence-corrected chi connectivity index (χ1v) is 11.1. The Balaban J connectivity index is 1.51. The second kappa shape index (κ2) is 10.7. The summed E-state index contributed by atoms with van der Waals surface area (Å²) in [6, 6.07) is 10.9. The number of ether oxygens (including phenoxy) is 1. The second-order valence-electron chi connectivity index (χ2n) is 7.84. The number of nitrogens with two attached hydrogens (primary N) is 1. The summed E-state index contributed by atoms with van der Waals surface area (Å²) in [4.78, 5) is 14.5. The van der Waals surface area contributed by atoms with Crippen molar-refractivity contribution in [3.05, 3.63) is 63.1 Å². The molecule has 0 atom stereocenters. The number of aryl methyl sites for hydroxylation is 1. The highest BCUT2D eigenvalue weighted by atomic mass is 35.5. The average Bonchev–Trinajstić information content (AvgIpc) is 2.75. The zero-order chi connectivity index (χ0) is 22.4. The number of nitrogens with zero attached hydrogens (tertiary/aromatic N) is 1. The van der Waals surface area contributed by atoms with Gasteiger partial charge in [-0.2, -0.15) is 0 Å². The van der Waals surface area contributed by atoms with Crippen molar-refractivity contribution in [2.75, 3.05) is 26.2 Å². The minimum atomic E-state index is -0.111. The molecule has 1 aliphatic rings. The third-order valence-corrected chi connectivity index (χ3v) is 6.19. The van der Waals surface area contributed by atoms with Crippen molar-refractivity contribution in [3.63, 3.8) is 0 Å². The molecule has 166 valence electrons. The normalized spacial score (nSPS) is 14.4. The number of guanidine groups is 1. The second-order valence-corrected chi connectivity index (χ2v) is 8.68. The first kappa shape index (κ1) is 23.2. The number of hydrogen-bond donors (Lipinski definition) is 3. The minimum Gasteiger partial charge on any atom is -0.493 e. The van der Waals surface area contributed by atoms with Crippen LogP contribution < -0.4 is 15.8 Å². The van der Waals surface area contributed by atoms with Crippen LogP contribution in [-0.2, 0) is 6.42 Å². The van der Waals surface area contributed by atoms with Crippen molar-refractivity contribution < 1.29 is 9.53 Å². The van der Waals surface area contributed by atoms with Gasteiger partial charge in [-0.3, -0.25) is 10.2 Å². The summed E-state index contributed by atoms with van der Waals surface area (Å²) in [5.74, 6) is 1.09. The van der Waals surface area contributed by atoms with Crippen LogP contribution >= 0.6 is 23.2 Å². The molecule has 0 aliphatic carbocycles. The summed E-state index contributed by atoms with van der Waals surface area (Å²) < 4.78 is 5.94. The number of carbonyl (C=O) groups is 1. The highest BCUT2D eigenvalue weighted by molar-refractivity contribution is 6.35. The fraction of sp³-hybridized carbons (Fsp3) is 0.391. The molecule has 8 heteroatoms. The first-order chi connectivity index (χ1) is 14.8. The molecule has 2 aromatic carbocycles. The molecular weight excluding hydrogens is 435 g/mol. The Morgan fingerprint density at radius 3 is 2.65 bits per heavy atom. The molecule has 1 amide bonds. The molecule has 1 fully saturated rings. The van der Waals surface area contributed by atoms with E-state index in [9.17, 15) is 4.79 Å². The number of halogens is 2. The maximum absolute atomic E-state index is 12.6.